The summed E-state index contributed by atoms with van der Waals surface area (Å²) in [7, 11) is 2.82. The largest absolute Gasteiger partial charge is 0.496 e. The highest BCUT2D eigenvalue weighted by molar-refractivity contribution is 5.97. The first-order chi connectivity index (χ1) is 14.5. The van der Waals surface area contributed by atoms with E-state index in [1.807, 2.05) is 23.1 Å². The second-order valence-corrected chi connectivity index (χ2v) is 6.32. The van der Waals surface area contributed by atoms with Gasteiger partial charge in [-0.2, -0.15) is 0 Å². The molecule has 1 amide bonds. The number of carboxylic acid groups (broad SMARTS) is 1. The van der Waals surface area contributed by atoms with Crippen LogP contribution in [0.25, 0.3) is 0 Å². The summed E-state index contributed by atoms with van der Waals surface area (Å²) in [6.07, 6.45) is 3.43. The predicted octanol–water partition coefficient (Wildman–Crippen LogP) is 3.42. The van der Waals surface area contributed by atoms with Crippen molar-refractivity contribution in [3.8, 4) is 5.75 Å². The zero-order chi connectivity index (χ0) is 21.5. The number of amides is 1. The number of anilines is 2. The number of carbonyl (C=O) groups is 2. The molecule has 3 aromatic rings. The number of carbonyl (C=O) groups excluding carboxylic acids is 1. The summed E-state index contributed by atoms with van der Waals surface area (Å²) in [5, 5.41) is 9.38. The number of hydrogen-bond donors (Lipinski definition) is 2. The first-order valence-corrected chi connectivity index (χ1v) is 9.04. The van der Waals surface area contributed by atoms with Gasteiger partial charge in [-0.3, -0.25) is 14.6 Å². The van der Waals surface area contributed by atoms with Crippen molar-refractivity contribution < 1.29 is 24.3 Å². The van der Waals surface area contributed by atoms with Gasteiger partial charge < -0.3 is 14.7 Å². The summed E-state index contributed by atoms with van der Waals surface area (Å²) in [5.41, 5.74) is 5.07. The van der Waals surface area contributed by atoms with Crippen molar-refractivity contribution in [1.82, 2.24) is 10.5 Å². The quantitative estimate of drug-likeness (QED) is 0.552. The average Bonchev–Trinajstić information content (AvgIpc) is 2.78. The topological polar surface area (TPSA) is 101 Å². The molecule has 0 aliphatic heterocycles. The van der Waals surface area contributed by atoms with Crippen LogP contribution in [0.5, 0.6) is 5.75 Å². The van der Waals surface area contributed by atoms with Gasteiger partial charge in [-0.05, 0) is 42.0 Å². The lowest BCUT2D eigenvalue weighted by atomic mass is 10.1. The number of methoxy groups -OCH3 is 1. The lowest BCUT2D eigenvalue weighted by Crippen LogP contribution is -2.23. The molecular weight excluding hydrogens is 386 g/mol. The van der Waals surface area contributed by atoms with Gasteiger partial charge in [0.2, 0.25) is 0 Å². The Morgan fingerprint density at radius 1 is 1.07 bits per heavy atom. The number of aromatic carboxylic acids is 1. The van der Waals surface area contributed by atoms with Crippen LogP contribution in [-0.2, 0) is 11.4 Å². The number of rotatable bonds is 8. The van der Waals surface area contributed by atoms with Crippen LogP contribution >= 0.6 is 0 Å². The Balaban J connectivity index is 2.07. The Labute approximate surface area is 173 Å². The minimum absolute atomic E-state index is 0.173. The molecule has 0 bridgehead atoms. The van der Waals surface area contributed by atoms with Crippen molar-refractivity contribution in [1.29, 1.82) is 0 Å². The van der Waals surface area contributed by atoms with E-state index in [4.69, 9.17) is 9.57 Å². The van der Waals surface area contributed by atoms with Gasteiger partial charge in [0.1, 0.15) is 5.75 Å². The molecule has 0 aliphatic rings. The lowest BCUT2D eigenvalue weighted by Gasteiger charge is -2.26. The molecule has 2 N–H and O–H groups in total. The van der Waals surface area contributed by atoms with E-state index in [0.29, 0.717) is 29.2 Å². The van der Waals surface area contributed by atoms with E-state index in [1.165, 1.54) is 20.3 Å². The molecule has 154 valence electrons. The van der Waals surface area contributed by atoms with Crippen LogP contribution in [0.3, 0.4) is 0 Å². The molecule has 0 fully saturated rings. The monoisotopic (exact) mass is 407 g/mol. The van der Waals surface area contributed by atoms with Crippen LogP contribution in [0, 0.1) is 0 Å². The molecule has 8 heteroatoms. The van der Waals surface area contributed by atoms with E-state index in [2.05, 4.69) is 10.5 Å². The van der Waals surface area contributed by atoms with Crippen molar-refractivity contribution in [2.45, 2.75) is 6.54 Å². The van der Waals surface area contributed by atoms with Gasteiger partial charge in [-0.1, -0.05) is 12.1 Å². The number of hydrogen-bond acceptors (Lipinski definition) is 6. The Morgan fingerprint density at radius 3 is 2.53 bits per heavy atom. The van der Waals surface area contributed by atoms with E-state index in [1.54, 1.807) is 42.7 Å². The van der Waals surface area contributed by atoms with E-state index in [0.717, 1.165) is 5.56 Å². The summed E-state index contributed by atoms with van der Waals surface area (Å²) in [6, 6.07) is 15.5. The fourth-order valence-corrected chi connectivity index (χ4v) is 3.00. The lowest BCUT2D eigenvalue weighted by molar-refractivity contribution is 0.0534. The molecule has 2 aromatic carbocycles. The molecule has 0 unspecified atom stereocenters. The molecule has 0 aliphatic carbocycles. The molecule has 30 heavy (non-hydrogen) atoms. The van der Waals surface area contributed by atoms with Crippen LogP contribution in [0.4, 0.5) is 11.4 Å². The summed E-state index contributed by atoms with van der Waals surface area (Å²) in [5.74, 6) is -1.09. The maximum Gasteiger partial charge on any atom is 0.335 e. The summed E-state index contributed by atoms with van der Waals surface area (Å²) in [6.45, 7) is 0.434. The smallest absolute Gasteiger partial charge is 0.335 e. The molecule has 0 saturated carbocycles. The maximum atomic E-state index is 12.2. The number of pyridine rings is 1. The number of benzene rings is 2. The van der Waals surface area contributed by atoms with Crippen molar-refractivity contribution in [3.05, 3.63) is 83.7 Å². The van der Waals surface area contributed by atoms with Crippen LogP contribution in [0.2, 0.25) is 0 Å². The van der Waals surface area contributed by atoms with Crippen LogP contribution in [-0.4, -0.2) is 36.2 Å². The molecule has 1 heterocycles. The first-order valence-electron chi connectivity index (χ1n) is 9.04. The van der Waals surface area contributed by atoms with Gasteiger partial charge in [-0.25, -0.2) is 10.3 Å². The third kappa shape index (κ3) is 4.73. The van der Waals surface area contributed by atoms with Gasteiger partial charge in [-0.15, -0.1) is 0 Å². The molecule has 0 saturated heterocycles. The number of ether oxygens (including phenoxy) is 1. The highest BCUT2D eigenvalue weighted by atomic mass is 16.6. The van der Waals surface area contributed by atoms with Crippen molar-refractivity contribution >= 4 is 23.3 Å². The summed E-state index contributed by atoms with van der Waals surface area (Å²) < 4.78 is 5.40. The van der Waals surface area contributed by atoms with Gasteiger partial charge in [0.05, 0.1) is 25.3 Å². The Hall–Kier alpha value is -3.91. The number of carboxylic acids is 1. The number of nitrogens with zero attached hydrogens (tertiary/aromatic N) is 2. The highest BCUT2D eigenvalue weighted by Gasteiger charge is 2.18. The Morgan fingerprint density at radius 2 is 1.87 bits per heavy atom. The zero-order valence-electron chi connectivity index (χ0n) is 16.5. The second-order valence-electron chi connectivity index (χ2n) is 6.32. The van der Waals surface area contributed by atoms with Crippen molar-refractivity contribution in [3.63, 3.8) is 0 Å². The second kappa shape index (κ2) is 9.53. The standard InChI is InChI=1S/C22H21N3O5/c1-29-20-12-18(8-9-19(20)21(26)24-30-2)25(14-15-5-4-10-23-13-15)17-7-3-6-16(11-17)22(27)28/h3-13H,14H2,1-2H3,(H,24,26)(H,27,28). The molecule has 0 atom stereocenters. The van der Waals surface area contributed by atoms with E-state index < -0.39 is 11.9 Å². The van der Waals surface area contributed by atoms with Crippen LogP contribution in [0.1, 0.15) is 26.3 Å². The molecule has 0 radical (unpaired) electrons. The van der Waals surface area contributed by atoms with E-state index >= 15 is 0 Å². The molecule has 8 nitrogen and oxygen atoms in total. The number of nitrogens with one attached hydrogen (secondary N) is 1. The van der Waals surface area contributed by atoms with Crippen molar-refractivity contribution in [2.24, 2.45) is 0 Å². The fourth-order valence-electron chi connectivity index (χ4n) is 3.00. The molecule has 3 rings (SSSR count). The van der Waals surface area contributed by atoms with Crippen molar-refractivity contribution in [2.75, 3.05) is 19.1 Å². The van der Waals surface area contributed by atoms with E-state index in [9.17, 15) is 14.7 Å². The Bertz CT molecular complexity index is 1040. The minimum atomic E-state index is -1.01. The van der Waals surface area contributed by atoms with Gasteiger partial charge in [0.25, 0.3) is 5.91 Å². The molecule has 0 spiro atoms. The maximum absolute atomic E-state index is 12.2. The van der Waals surface area contributed by atoms with E-state index in [-0.39, 0.29) is 5.56 Å². The molecular formula is C22H21N3O5. The third-order valence-corrected chi connectivity index (χ3v) is 4.40. The third-order valence-electron chi connectivity index (χ3n) is 4.40. The van der Waals surface area contributed by atoms with Crippen LogP contribution < -0.4 is 15.1 Å². The average molecular weight is 407 g/mol. The number of aromatic nitrogens is 1. The Kier molecular flexibility index (Phi) is 6.61. The molecule has 1 aromatic heterocycles. The predicted molar refractivity (Wildman–Crippen MR) is 111 cm³/mol. The zero-order valence-corrected chi connectivity index (χ0v) is 16.5. The van der Waals surface area contributed by atoms with Gasteiger partial charge >= 0.3 is 5.97 Å². The SMILES string of the molecule is CONC(=O)c1ccc(N(Cc2cccnc2)c2cccc(C(=O)O)c2)cc1OC. The minimum Gasteiger partial charge on any atom is -0.496 e. The normalized spacial score (nSPS) is 10.3. The highest BCUT2D eigenvalue weighted by Crippen LogP contribution is 2.32. The first kappa shape index (κ1) is 20.8. The van der Waals surface area contributed by atoms with Gasteiger partial charge in [0, 0.05) is 36.4 Å². The summed E-state index contributed by atoms with van der Waals surface area (Å²) >= 11 is 0. The van der Waals surface area contributed by atoms with Crippen LogP contribution in [0.15, 0.2) is 67.0 Å². The summed E-state index contributed by atoms with van der Waals surface area (Å²) in [4.78, 5) is 34.4. The van der Waals surface area contributed by atoms with Gasteiger partial charge in [0.15, 0.2) is 0 Å². The fraction of sp³-hybridized carbons (Fsp3) is 0.136. The number of hydroxylamine groups is 1.